The maximum Gasteiger partial charge on any atom is 0.239 e. The topological polar surface area (TPSA) is 186 Å². The number of nitrogens with one attached hydrogen (secondary N) is 3. The second kappa shape index (κ2) is 25.9. The Morgan fingerprint density at radius 3 is 1.98 bits per heavy atom. The van der Waals surface area contributed by atoms with Gasteiger partial charge in [-0.3, -0.25) is 33.7 Å². The van der Waals surface area contributed by atoms with Gasteiger partial charge in [-0.05, 0) is 65.7 Å². The Balaban J connectivity index is 2.18. The number of imide groups is 1. The van der Waals surface area contributed by atoms with Crippen LogP contribution in [-0.4, -0.2) is 90.4 Å². The van der Waals surface area contributed by atoms with E-state index in [1.54, 1.807) is 0 Å². The quantitative estimate of drug-likeness (QED) is 0.0559. The summed E-state index contributed by atoms with van der Waals surface area (Å²) < 4.78 is 12.0. The molecule has 1 rings (SSSR count). The van der Waals surface area contributed by atoms with E-state index in [0.717, 1.165) is 19.3 Å². The molecule has 0 spiro atoms. The van der Waals surface area contributed by atoms with Crippen molar-refractivity contribution in [3.05, 3.63) is 0 Å². The van der Waals surface area contributed by atoms with Crippen molar-refractivity contribution in [2.45, 2.75) is 175 Å². The first kappa shape index (κ1) is 48.0. The summed E-state index contributed by atoms with van der Waals surface area (Å²) in [5.41, 5.74) is 4.32. The molecule has 0 radical (unpaired) electrons. The molecule has 1 aliphatic rings. The third-order valence-electron chi connectivity index (χ3n) is 9.76. The largest absolute Gasteiger partial charge is 0.373 e. The SMILES string of the molecule is CCCCCCCCCCCC(=O)NC(CCCCNC(=O)CCOC(C)(C)COC(C)(C)CCNC(=O)CCN1C(=O)CC(C(C)C)C1=O)C(N)=O. The number of amides is 6. The van der Waals surface area contributed by atoms with Crippen LogP contribution in [0.3, 0.4) is 0 Å². The molecule has 0 aliphatic carbocycles. The summed E-state index contributed by atoms with van der Waals surface area (Å²) in [6.45, 7) is 15.1. The minimum atomic E-state index is -0.706. The van der Waals surface area contributed by atoms with Crippen molar-refractivity contribution in [2.75, 3.05) is 32.8 Å². The molecular weight excluding hydrogens is 678 g/mol. The Hall–Kier alpha value is -3.06. The first-order chi connectivity index (χ1) is 25.0. The number of ether oxygens (including phenoxy) is 2. The van der Waals surface area contributed by atoms with E-state index in [0.29, 0.717) is 45.2 Å². The maximum atomic E-state index is 12.5. The minimum absolute atomic E-state index is 0.0624. The van der Waals surface area contributed by atoms with Crippen LogP contribution < -0.4 is 21.7 Å². The van der Waals surface area contributed by atoms with Crippen molar-refractivity contribution in [2.24, 2.45) is 17.6 Å². The predicted molar refractivity (Wildman–Crippen MR) is 206 cm³/mol. The van der Waals surface area contributed by atoms with Crippen LogP contribution in [0.5, 0.6) is 0 Å². The van der Waals surface area contributed by atoms with Gasteiger partial charge in [-0.1, -0.05) is 72.1 Å². The first-order valence-electron chi connectivity index (χ1n) is 20.2. The molecule has 0 aromatic rings. The molecule has 13 nitrogen and oxygen atoms in total. The number of rotatable bonds is 31. The van der Waals surface area contributed by atoms with Gasteiger partial charge in [0.15, 0.2) is 0 Å². The van der Waals surface area contributed by atoms with Gasteiger partial charge < -0.3 is 31.2 Å². The van der Waals surface area contributed by atoms with E-state index in [1.807, 2.05) is 41.5 Å². The monoisotopic (exact) mass is 752 g/mol. The zero-order valence-electron chi connectivity index (χ0n) is 34.1. The van der Waals surface area contributed by atoms with Crippen molar-refractivity contribution in [1.82, 2.24) is 20.9 Å². The van der Waals surface area contributed by atoms with E-state index in [2.05, 4.69) is 22.9 Å². The summed E-state index contributed by atoms with van der Waals surface area (Å²) in [4.78, 5) is 74.8. The van der Waals surface area contributed by atoms with E-state index in [9.17, 15) is 28.8 Å². The van der Waals surface area contributed by atoms with E-state index in [-0.39, 0.29) is 80.4 Å². The summed E-state index contributed by atoms with van der Waals surface area (Å²) in [5, 5.41) is 8.49. The molecule has 1 saturated heterocycles. The zero-order chi connectivity index (χ0) is 39.9. The molecule has 5 N–H and O–H groups in total. The van der Waals surface area contributed by atoms with E-state index in [4.69, 9.17) is 15.2 Å². The zero-order valence-corrected chi connectivity index (χ0v) is 34.1. The standard InChI is InChI=1S/C40H73N5O8/c1-8-9-10-11-12-13-14-15-16-20-35(48)44-32(37(41)50)19-17-18-24-42-34(47)22-27-52-40(6,7)29-53-39(4,5)23-25-43-33(46)21-26-45-36(49)28-31(30(2)3)38(45)51/h30-32H,8-29H2,1-7H3,(H2,41,50)(H,42,47)(H,43,46)(H,44,48). The highest BCUT2D eigenvalue weighted by molar-refractivity contribution is 6.03. The number of hydrogen-bond acceptors (Lipinski definition) is 8. The number of nitrogens with two attached hydrogens (primary N) is 1. The Morgan fingerprint density at radius 2 is 1.38 bits per heavy atom. The molecule has 2 atom stereocenters. The molecular formula is C40H73N5O8. The predicted octanol–water partition coefficient (Wildman–Crippen LogP) is 5.07. The van der Waals surface area contributed by atoms with Crippen molar-refractivity contribution in [3.63, 3.8) is 0 Å². The molecule has 0 aromatic heterocycles. The average molecular weight is 752 g/mol. The van der Waals surface area contributed by atoms with Gasteiger partial charge in [0.05, 0.1) is 24.4 Å². The van der Waals surface area contributed by atoms with E-state index in [1.165, 1.54) is 43.4 Å². The molecule has 13 heteroatoms. The van der Waals surface area contributed by atoms with Crippen LogP contribution in [0.2, 0.25) is 0 Å². The van der Waals surface area contributed by atoms with E-state index < -0.39 is 23.2 Å². The van der Waals surface area contributed by atoms with Crippen LogP contribution in [-0.2, 0) is 38.2 Å². The van der Waals surface area contributed by atoms with Gasteiger partial charge in [0.2, 0.25) is 35.4 Å². The highest BCUT2D eigenvalue weighted by Gasteiger charge is 2.39. The van der Waals surface area contributed by atoms with Gasteiger partial charge in [0.25, 0.3) is 0 Å². The molecule has 0 bridgehead atoms. The molecule has 1 fully saturated rings. The van der Waals surface area contributed by atoms with Gasteiger partial charge in [0, 0.05) is 51.2 Å². The van der Waals surface area contributed by atoms with Gasteiger partial charge >= 0.3 is 0 Å². The van der Waals surface area contributed by atoms with Crippen LogP contribution in [0.15, 0.2) is 0 Å². The first-order valence-corrected chi connectivity index (χ1v) is 20.2. The highest BCUT2D eigenvalue weighted by Crippen LogP contribution is 2.26. The second-order valence-electron chi connectivity index (χ2n) is 16.1. The fourth-order valence-corrected chi connectivity index (χ4v) is 6.11. The van der Waals surface area contributed by atoms with Crippen molar-refractivity contribution >= 4 is 35.4 Å². The van der Waals surface area contributed by atoms with Gasteiger partial charge in [-0.15, -0.1) is 0 Å². The Kier molecular flexibility index (Phi) is 23.4. The van der Waals surface area contributed by atoms with E-state index >= 15 is 0 Å². The number of primary amides is 1. The summed E-state index contributed by atoms with van der Waals surface area (Å²) in [7, 11) is 0. The Bertz CT molecular complexity index is 1140. The van der Waals surface area contributed by atoms with Crippen molar-refractivity contribution < 1.29 is 38.2 Å². The molecule has 6 amide bonds. The lowest BCUT2D eigenvalue weighted by molar-refractivity contribution is -0.140. The Morgan fingerprint density at radius 1 is 0.774 bits per heavy atom. The average Bonchev–Trinajstić information content (AvgIpc) is 3.37. The fourth-order valence-electron chi connectivity index (χ4n) is 6.11. The number of carbonyl (C=O) groups excluding carboxylic acids is 6. The summed E-state index contributed by atoms with van der Waals surface area (Å²) in [5.74, 6) is -1.69. The van der Waals surface area contributed by atoms with Crippen molar-refractivity contribution in [1.29, 1.82) is 0 Å². The van der Waals surface area contributed by atoms with Crippen LogP contribution in [0.4, 0.5) is 0 Å². The fraction of sp³-hybridized carbons (Fsp3) is 0.850. The molecule has 1 aliphatic heterocycles. The van der Waals surface area contributed by atoms with Gasteiger partial charge in [0.1, 0.15) is 6.04 Å². The number of hydrogen-bond donors (Lipinski definition) is 4. The van der Waals surface area contributed by atoms with Crippen LogP contribution >= 0.6 is 0 Å². The molecule has 306 valence electrons. The maximum absolute atomic E-state index is 12.5. The lowest BCUT2D eigenvalue weighted by atomic mass is 9.94. The smallest absolute Gasteiger partial charge is 0.239 e. The minimum Gasteiger partial charge on any atom is -0.373 e. The molecule has 53 heavy (non-hydrogen) atoms. The Labute approximate surface area is 319 Å². The number of likely N-dealkylation sites (tertiary alicyclic amines) is 1. The van der Waals surface area contributed by atoms with Gasteiger partial charge in [-0.25, -0.2) is 0 Å². The van der Waals surface area contributed by atoms with Crippen LogP contribution in [0, 0.1) is 11.8 Å². The van der Waals surface area contributed by atoms with Crippen LogP contribution in [0.25, 0.3) is 0 Å². The molecule has 1 heterocycles. The summed E-state index contributed by atoms with van der Waals surface area (Å²) in [6.07, 6.45) is 13.6. The van der Waals surface area contributed by atoms with Crippen molar-refractivity contribution in [3.8, 4) is 0 Å². The lowest BCUT2D eigenvalue weighted by Crippen LogP contribution is -2.44. The molecule has 2 unspecified atom stereocenters. The highest BCUT2D eigenvalue weighted by atomic mass is 16.6. The summed E-state index contributed by atoms with van der Waals surface area (Å²) in [6, 6.07) is -0.706. The lowest BCUT2D eigenvalue weighted by Gasteiger charge is -2.32. The summed E-state index contributed by atoms with van der Waals surface area (Å²) >= 11 is 0. The third kappa shape index (κ3) is 22.0. The third-order valence-corrected chi connectivity index (χ3v) is 9.76. The second-order valence-corrected chi connectivity index (χ2v) is 16.1. The number of unbranched alkanes of at least 4 members (excludes halogenated alkanes) is 9. The number of carbonyl (C=O) groups is 6. The molecule has 0 saturated carbocycles. The number of nitrogens with zero attached hydrogens (tertiary/aromatic N) is 1. The molecule has 0 aromatic carbocycles. The normalized spacial score (nSPS) is 15.5. The van der Waals surface area contributed by atoms with Gasteiger partial charge in [-0.2, -0.15) is 0 Å². The van der Waals surface area contributed by atoms with Crippen LogP contribution in [0.1, 0.15) is 158 Å².